The van der Waals surface area contributed by atoms with Crippen LogP contribution in [0.15, 0.2) is 47.5 Å². The number of amides is 1. The Morgan fingerprint density at radius 2 is 1.59 bits per heavy atom. The van der Waals surface area contributed by atoms with Gasteiger partial charge in [-0.2, -0.15) is 0 Å². The van der Waals surface area contributed by atoms with Crippen LogP contribution in [0.2, 0.25) is 0 Å². The summed E-state index contributed by atoms with van der Waals surface area (Å²) in [4.78, 5) is 16.2. The Labute approximate surface area is 188 Å². The molecule has 0 spiro atoms. The standard InChI is InChI=1S/C20H26N4O4.HI/c1-21-20(23-13-18(25)24-15-8-6-5-7-9-15)22-12-14-10-16(26-2)19(28-4)17(11-14)27-3;/h5-11H,12-13H2,1-4H3,(H,24,25)(H2,21,22,23);1H. The highest BCUT2D eigenvalue weighted by Gasteiger charge is 2.13. The molecule has 0 aliphatic carbocycles. The molecule has 2 aromatic carbocycles. The van der Waals surface area contributed by atoms with E-state index in [-0.39, 0.29) is 36.4 Å². The monoisotopic (exact) mass is 514 g/mol. The number of nitrogens with one attached hydrogen (secondary N) is 3. The molecule has 2 aromatic rings. The molecule has 3 N–H and O–H groups in total. The lowest BCUT2D eigenvalue weighted by atomic mass is 10.2. The molecule has 0 bridgehead atoms. The van der Waals surface area contributed by atoms with Crippen molar-refractivity contribution in [1.29, 1.82) is 0 Å². The summed E-state index contributed by atoms with van der Waals surface area (Å²) in [5, 5.41) is 8.94. The number of carbonyl (C=O) groups is 1. The number of halogens is 1. The number of para-hydroxylation sites is 1. The van der Waals surface area contributed by atoms with E-state index < -0.39 is 0 Å². The second kappa shape index (κ2) is 12.7. The van der Waals surface area contributed by atoms with Gasteiger partial charge < -0.3 is 30.2 Å². The van der Waals surface area contributed by atoms with Crippen molar-refractivity contribution < 1.29 is 19.0 Å². The summed E-state index contributed by atoms with van der Waals surface area (Å²) in [7, 11) is 6.34. The van der Waals surface area contributed by atoms with Gasteiger partial charge in [-0.1, -0.05) is 18.2 Å². The average molecular weight is 514 g/mol. The molecule has 0 radical (unpaired) electrons. The Balaban J connectivity index is 0.00000420. The van der Waals surface area contributed by atoms with Gasteiger partial charge in [0.2, 0.25) is 11.7 Å². The summed E-state index contributed by atoms with van der Waals surface area (Å²) >= 11 is 0. The Morgan fingerprint density at radius 1 is 0.966 bits per heavy atom. The fourth-order valence-electron chi connectivity index (χ4n) is 2.53. The molecule has 2 rings (SSSR count). The molecule has 0 heterocycles. The number of rotatable bonds is 8. The smallest absolute Gasteiger partial charge is 0.243 e. The number of hydrogen-bond acceptors (Lipinski definition) is 5. The number of carbonyl (C=O) groups excluding carboxylic acids is 1. The third-order valence-corrected chi connectivity index (χ3v) is 3.88. The van der Waals surface area contributed by atoms with Crippen molar-refractivity contribution in [2.75, 3.05) is 40.2 Å². The highest BCUT2D eigenvalue weighted by molar-refractivity contribution is 14.0. The summed E-state index contributed by atoms with van der Waals surface area (Å²) in [6, 6.07) is 13.0. The Bertz CT molecular complexity index is 790. The third-order valence-electron chi connectivity index (χ3n) is 3.88. The molecule has 0 aromatic heterocycles. The quantitative estimate of drug-likeness (QED) is 0.285. The lowest BCUT2D eigenvalue weighted by Crippen LogP contribution is -2.41. The lowest BCUT2D eigenvalue weighted by Gasteiger charge is -2.16. The lowest BCUT2D eigenvalue weighted by molar-refractivity contribution is -0.115. The van der Waals surface area contributed by atoms with Crippen LogP contribution in [-0.2, 0) is 11.3 Å². The normalized spacial score (nSPS) is 10.4. The second-order valence-electron chi connectivity index (χ2n) is 5.73. The number of benzene rings is 2. The first kappa shape index (κ1) is 24.3. The van der Waals surface area contributed by atoms with Crippen molar-refractivity contribution in [1.82, 2.24) is 10.6 Å². The van der Waals surface area contributed by atoms with Gasteiger partial charge >= 0.3 is 0 Å². The summed E-state index contributed by atoms with van der Waals surface area (Å²) in [6.07, 6.45) is 0. The van der Waals surface area contributed by atoms with Crippen LogP contribution in [0.25, 0.3) is 0 Å². The number of anilines is 1. The van der Waals surface area contributed by atoms with E-state index in [1.807, 2.05) is 42.5 Å². The maximum absolute atomic E-state index is 12.0. The highest BCUT2D eigenvalue weighted by atomic mass is 127. The zero-order valence-corrected chi connectivity index (χ0v) is 19.3. The van der Waals surface area contributed by atoms with Crippen LogP contribution >= 0.6 is 24.0 Å². The highest BCUT2D eigenvalue weighted by Crippen LogP contribution is 2.38. The maximum Gasteiger partial charge on any atom is 0.243 e. The third kappa shape index (κ3) is 7.33. The first-order chi connectivity index (χ1) is 13.6. The van der Waals surface area contributed by atoms with Crippen LogP contribution in [0.4, 0.5) is 5.69 Å². The van der Waals surface area contributed by atoms with Crippen molar-refractivity contribution in [3.63, 3.8) is 0 Å². The topological polar surface area (TPSA) is 93.2 Å². The first-order valence-electron chi connectivity index (χ1n) is 8.69. The predicted octanol–water partition coefficient (Wildman–Crippen LogP) is 2.63. The number of guanidine groups is 1. The maximum atomic E-state index is 12.0. The van der Waals surface area contributed by atoms with Crippen LogP contribution in [0.3, 0.4) is 0 Å². The van der Waals surface area contributed by atoms with Gasteiger partial charge in [-0.05, 0) is 29.8 Å². The molecule has 29 heavy (non-hydrogen) atoms. The van der Waals surface area contributed by atoms with Gasteiger partial charge in [0.1, 0.15) is 0 Å². The zero-order valence-electron chi connectivity index (χ0n) is 16.9. The number of nitrogens with zero attached hydrogens (tertiary/aromatic N) is 1. The van der Waals surface area contributed by atoms with Crippen LogP contribution < -0.4 is 30.2 Å². The zero-order chi connectivity index (χ0) is 20.4. The molecule has 0 fully saturated rings. The molecule has 8 nitrogen and oxygen atoms in total. The summed E-state index contributed by atoms with van der Waals surface area (Å²) < 4.78 is 16.0. The Kier molecular flexibility index (Phi) is 10.7. The number of ether oxygens (including phenoxy) is 3. The van der Waals surface area contributed by atoms with E-state index in [2.05, 4.69) is 20.9 Å². The molecule has 9 heteroatoms. The fraction of sp³-hybridized carbons (Fsp3) is 0.300. The van der Waals surface area contributed by atoms with Gasteiger partial charge in [0.15, 0.2) is 17.5 Å². The van der Waals surface area contributed by atoms with Gasteiger partial charge in [0, 0.05) is 19.3 Å². The molecule has 0 unspecified atom stereocenters. The molecule has 0 atom stereocenters. The van der Waals surface area contributed by atoms with Crippen LogP contribution in [0.5, 0.6) is 17.2 Å². The SMILES string of the molecule is CN=C(NCC(=O)Nc1ccccc1)NCc1cc(OC)c(OC)c(OC)c1.I. The van der Waals surface area contributed by atoms with E-state index in [4.69, 9.17) is 14.2 Å². The molecule has 1 amide bonds. The van der Waals surface area contributed by atoms with Crippen molar-refractivity contribution in [2.24, 2.45) is 4.99 Å². The van der Waals surface area contributed by atoms with Gasteiger partial charge in [-0.15, -0.1) is 24.0 Å². The van der Waals surface area contributed by atoms with Crippen LogP contribution in [-0.4, -0.2) is 46.8 Å². The minimum Gasteiger partial charge on any atom is -0.493 e. The van der Waals surface area contributed by atoms with E-state index in [0.29, 0.717) is 29.8 Å². The van der Waals surface area contributed by atoms with E-state index in [0.717, 1.165) is 11.3 Å². The molecule has 0 aliphatic heterocycles. The molecular formula is C20H27IN4O4. The molecule has 0 saturated carbocycles. The van der Waals surface area contributed by atoms with E-state index >= 15 is 0 Å². The van der Waals surface area contributed by atoms with Crippen molar-refractivity contribution in [3.8, 4) is 17.2 Å². The van der Waals surface area contributed by atoms with Crippen molar-refractivity contribution in [2.45, 2.75) is 6.54 Å². The minimum absolute atomic E-state index is 0. The van der Waals surface area contributed by atoms with E-state index in [1.54, 1.807) is 28.4 Å². The van der Waals surface area contributed by atoms with Crippen molar-refractivity contribution >= 4 is 41.5 Å². The van der Waals surface area contributed by atoms with Crippen molar-refractivity contribution in [3.05, 3.63) is 48.0 Å². The fourth-order valence-corrected chi connectivity index (χ4v) is 2.53. The average Bonchev–Trinajstić information content (AvgIpc) is 2.73. The Hall–Kier alpha value is -2.69. The summed E-state index contributed by atoms with van der Waals surface area (Å²) in [5.41, 5.74) is 1.65. The number of methoxy groups -OCH3 is 3. The van der Waals surface area contributed by atoms with E-state index in [1.165, 1.54) is 0 Å². The second-order valence-corrected chi connectivity index (χ2v) is 5.73. The number of aliphatic imine (C=N–C) groups is 1. The molecule has 0 saturated heterocycles. The predicted molar refractivity (Wildman–Crippen MR) is 125 cm³/mol. The van der Waals surface area contributed by atoms with E-state index in [9.17, 15) is 4.79 Å². The van der Waals surface area contributed by atoms with Crippen LogP contribution in [0.1, 0.15) is 5.56 Å². The van der Waals surface area contributed by atoms with Gasteiger partial charge in [0.05, 0.1) is 27.9 Å². The van der Waals surface area contributed by atoms with Gasteiger partial charge in [-0.3, -0.25) is 9.79 Å². The minimum atomic E-state index is -0.165. The largest absolute Gasteiger partial charge is 0.493 e. The molecule has 0 aliphatic rings. The van der Waals surface area contributed by atoms with Gasteiger partial charge in [0.25, 0.3) is 0 Å². The first-order valence-corrected chi connectivity index (χ1v) is 8.69. The van der Waals surface area contributed by atoms with Crippen LogP contribution in [0, 0.1) is 0 Å². The molecular weight excluding hydrogens is 487 g/mol. The molecule has 158 valence electrons. The summed E-state index contributed by atoms with van der Waals surface area (Å²) in [6.45, 7) is 0.542. The summed E-state index contributed by atoms with van der Waals surface area (Å²) in [5.74, 6) is 2.01. The Morgan fingerprint density at radius 3 is 2.10 bits per heavy atom. The van der Waals surface area contributed by atoms with Gasteiger partial charge in [-0.25, -0.2) is 0 Å². The number of hydrogen-bond donors (Lipinski definition) is 3.